The minimum absolute atomic E-state index is 0.0512. The van der Waals surface area contributed by atoms with E-state index < -0.39 is 0 Å². The van der Waals surface area contributed by atoms with Gasteiger partial charge >= 0.3 is 0 Å². The lowest BCUT2D eigenvalue weighted by Crippen LogP contribution is -2.27. The van der Waals surface area contributed by atoms with Gasteiger partial charge < -0.3 is 10.8 Å². The first-order valence-electron chi connectivity index (χ1n) is 4.91. The Balaban J connectivity index is 2.78. The number of aliphatic hydroxyl groups is 1. The lowest BCUT2D eigenvalue weighted by molar-refractivity contribution is 0.195. The Hall–Kier alpha value is -1.20. The Labute approximate surface area is 88.5 Å². The molecule has 0 unspecified atom stereocenters. The molecule has 1 heterocycles. The van der Waals surface area contributed by atoms with Crippen LogP contribution in [0.25, 0.3) is 0 Å². The van der Waals surface area contributed by atoms with Gasteiger partial charge in [0.1, 0.15) is 11.6 Å². The Bertz CT molecular complexity index is 299. The van der Waals surface area contributed by atoms with Crippen LogP contribution in [-0.4, -0.2) is 34.7 Å². The van der Waals surface area contributed by atoms with E-state index in [1.54, 1.807) is 0 Å². The topological polar surface area (TPSA) is 62.4 Å². The second-order valence-corrected chi connectivity index (χ2v) is 3.25. The molecule has 0 radical (unpaired) electrons. The normalized spacial score (nSPS) is 10.9. The highest BCUT2D eigenvalue weighted by molar-refractivity contribution is 5.39. The summed E-state index contributed by atoms with van der Waals surface area (Å²) in [5, 5.41) is 8.80. The van der Waals surface area contributed by atoms with E-state index in [0.29, 0.717) is 18.7 Å². The average Bonchev–Trinajstić information content (AvgIpc) is 2.22. The Morgan fingerprint density at radius 2 is 2.33 bits per heavy atom. The fourth-order valence-corrected chi connectivity index (χ4v) is 1.35. The van der Waals surface area contributed by atoms with E-state index in [9.17, 15) is 4.39 Å². The summed E-state index contributed by atoms with van der Waals surface area (Å²) >= 11 is 0. The van der Waals surface area contributed by atoms with Crippen LogP contribution < -0.4 is 5.73 Å². The maximum atomic E-state index is 13.4. The fraction of sp³-hybridized carbons (Fsp3) is 0.500. The molecular weight excluding hydrogens is 197 g/mol. The zero-order chi connectivity index (χ0) is 11.3. The van der Waals surface area contributed by atoms with Crippen LogP contribution in [0.4, 0.5) is 10.2 Å². The van der Waals surface area contributed by atoms with Crippen LogP contribution in [0, 0.1) is 5.82 Å². The third kappa shape index (κ3) is 3.14. The number of pyridine rings is 1. The summed E-state index contributed by atoms with van der Waals surface area (Å²) < 4.78 is 13.4. The molecule has 5 heteroatoms. The zero-order valence-corrected chi connectivity index (χ0v) is 8.78. The number of nitrogen functional groups attached to an aromatic ring is 1. The van der Waals surface area contributed by atoms with Crippen LogP contribution in [0.5, 0.6) is 0 Å². The van der Waals surface area contributed by atoms with Gasteiger partial charge in [-0.25, -0.2) is 9.37 Å². The number of aromatic nitrogens is 1. The number of anilines is 1. The van der Waals surface area contributed by atoms with Gasteiger partial charge in [-0.05, 0) is 12.6 Å². The zero-order valence-electron chi connectivity index (χ0n) is 8.78. The first kappa shape index (κ1) is 11.9. The minimum Gasteiger partial charge on any atom is -0.395 e. The highest BCUT2D eigenvalue weighted by Gasteiger charge is 2.11. The molecule has 0 amide bonds. The summed E-state index contributed by atoms with van der Waals surface area (Å²) in [7, 11) is 0. The molecule has 0 atom stereocenters. The number of likely N-dealkylation sites (N-methyl/N-ethyl adjacent to an activating group) is 1. The van der Waals surface area contributed by atoms with Crippen molar-refractivity contribution in [1.82, 2.24) is 9.88 Å². The van der Waals surface area contributed by atoms with Gasteiger partial charge in [0, 0.05) is 24.8 Å². The standard InChI is InChI=1S/C10H16FN3O/c1-2-14(5-6-15)7-8-9(11)3-4-13-10(8)12/h3-4,15H,2,5-7H2,1H3,(H2,12,13). The maximum Gasteiger partial charge on any atom is 0.132 e. The summed E-state index contributed by atoms with van der Waals surface area (Å²) in [5.41, 5.74) is 5.98. The van der Waals surface area contributed by atoms with Gasteiger partial charge in [-0.3, -0.25) is 4.90 Å². The molecule has 0 fully saturated rings. The predicted octanol–water partition coefficient (Wildman–Crippen LogP) is 0.617. The van der Waals surface area contributed by atoms with Gasteiger partial charge in [-0.15, -0.1) is 0 Å². The molecule has 3 N–H and O–H groups in total. The molecule has 0 aliphatic rings. The molecule has 0 aliphatic heterocycles. The number of hydrogen-bond acceptors (Lipinski definition) is 4. The van der Waals surface area contributed by atoms with Crippen molar-refractivity contribution in [1.29, 1.82) is 0 Å². The maximum absolute atomic E-state index is 13.4. The molecule has 1 aromatic heterocycles. The summed E-state index contributed by atoms with van der Waals surface area (Å²) in [6.07, 6.45) is 1.34. The Morgan fingerprint density at radius 3 is 2.87 bits per heavy atom. The number of halogens is 1. The molecule has 1 rings (SSSR count). The van der Waals surface area contributed by atoms with Gasteiger partial charge in [0.15, 0.2) is 0 Å². The SMILES string of the molecule is CCN(CCO)Cc1c(F)ccnc1N. The molecule has 1 aromatic rings. The van der Waals surface area contributed by atoms with Crippen LogP contribution in [0.3, 0.4) is 0 Å². The number of nitrogens with zero attached hydrogens (tertiary/aromatic N) is 2. The summed E-state index contributed by atoms with van der Waals surface area (Å²) in [4.78, 5) is 5.74. The quantitative estimate of drug-likeness (QED) is 0.752. The second-order valence-electron chi connectivity index (χ2n) is 3.25. The molecule has 84 valence electrons. The van der Waals surface area contributed by atoms with E-state index in [1.165, 1.54) is 12.3 Å². The molecule has 0 aliphatic carbocycles. The van der Waals surface area contributed by atoms with Gasteiger partial charge in [0.25, 0.3) is 0 Å². The van der Waals surface area contributed by atoms with E-state index in [4.69, 9.17) is 10.8 Å². The molecule has 15 heavy (non-hydrogen) atoms. The predicted molar refractivity (Wildman–Crippen MR) is 56.6 cm³/mol. The lowest BCUT2D eigenvalue weighted by atomic mass is 10.2. The molecule has 0 aromatic carbocycles. The van der Waals surface area contributed by atoms with Crippen molar-refractivity contribution in [2.24, 2.45) is 0 Å². The van der Waals surface area contributed by atoms with Crippen molar-refractivity contribution < 1.29 is 9.50 Å². The van der Waals surface area contributed by atoms with E-state index in [1.807, 2.05) is 11.8 Å². The van der Waals surface area contributed by atoms with Crippen LogP contribution in [0.15, 0.2) is 12.3 Å². The Morgan fingerprint density at radius 1 is 1.60 bits per heavy atom. The van der Waals surface area contributed by atoms with Gasteiger partial charge in [0.05, 0.1) is 6.61 Å². The number of rotatable bonds is 5. The van der Waals surface area contributed by atoms with Crippen molar-refractivity contribution in [3.8, 4) is 0 Å². The smallest absolute Gasteiger partial charge is 0.132 e. The van der Waals surface area contributed by atoms with E-state index in [-0.39, 0.29) is 18.2 Å². The van der Waals surface area contributed by atoms with Gasteiger partial charge in [0.2, 0.25) is 0 Å². The van der Waals surface area contributed by atoms with Crippen LogP contribution >= 0.6 is 0 Å². The molecule has 4 nitrogen and oxygen atoms in total. The third-order valence-corrected chi connectivity index (χ3v) is 2.28. The van der Waals surface area contributed by atoms with Crippen molar-refractivity contribution in [2.45, 2.75) is 13.5 Å². The van der Waals surface area contributed by atoms with E-state index in [0.717, 1.165) is 6.54 Å². The molecular formula is C10H16FN3O. The van der Waals surface area contributed by atoms with Crippen molar-refractivity contribution in [3.05, 3.63) is 23.6 Å². The van der Waals surface area contributed by atoms with Gasteiger partial charge in [-0.1, -0.05) is 6.92 Å². The summed E-state index contributed by atoms with van der Waals surface area (Å²) in [5.74, 6) is -0.134. The van der Waals surface area contributed by atoms with Gasteiger partial charge in [-0.2, -0.15) is 0 Å². The Kier molecular flexibility index (Phi) is 4.45. The second kappa shape index (κ2) is 5.63. The largest absolute Gasteiger partial charge is 0.395 e. The van der Waals surface area contributed by atoms with Crippen LogP contribution in [0.1, 0.15) is 12.5 Å². The minimum atomic E-state index is -0.348. The summed E-state index contributed by atoms with van der Waals surface area (Å²) in [6, 6.07) is 1.29. The first-order chi connectivity index (χ1) is 7.19. The van der Waals surface area contributed by atoms with Crippen LogP contribution in [-0.2, 0) is 6.54 Å². The highest BCUT2D eigenvalue weighted by atomic mass is 19.1. The third-order valence-electron chi connectivity index (χ3n) is 2.28. The van der Waals surface area contributed by atoms with Crippen LogP contribution in [0.2, 0.25) is 0 Å². The van der Waals surface area contributed by atoms with Crippen molar-refractivity contribution in [3.63, 3.8) is 0 Å². The number of nitrogens with two attached hydrogens (primary N) is 1. The van der Waals surface area contributed by atoms with Crippen molar-refractivity contribution >= 4 is 5.82 Å². The number of aliphatic hydroxyl groups excluding tert-OH is 1. The highest BCUT2D eigenvalue weighted by Crippen LogP contribution is 2.14. The average molecular weight is 213 g/mol. The lowest BCUT2D eigenvalue weighted by Gasteiger charge is -2.19. The first-order valence-corrected chi connectivity index (χ1v) is 4.91. The molecule has 0 spiro atoms. The summed E-state index contributed by atoms with van der Waals surface area (Å²) in [6.45, 7) is 3.61. The monoisotopic (exact) mass is 213 g/mol. The molecule has 0 bridgehead atoms. The van der Waals surface area contributed by atoms with E-state index >= 15 is 0 Å². The fourth-order valence-electron chi connectivity index (χ4n) is 1.35. The number of hydrogen-bond donors (Lipinski definition) is 2. The van der Waals surface area contributed by atoms with Crippen molar-refractivity contribution in [2.75, 3.05) is 25.4 Å². The molecule has 0 saturated heterocycles. The van der Waals surface area contributed by atoms with E-state index in [2.05, 4.69) is 4.98 Å². The molecule has 0 saturated carbocycles.